The van der Waals surface area contributed by atoms with Crippen molar-refractivity contribution in [2.45, 2.75) is 71.6 Å². The lowest BCUT2D eigenvalue weighted by Crippen LogP contribution is -2.32. The second-order valence-electron chi connectivity index (χ2n) is 11.8. The van der Waals surface area contributed by atoms with E-state index in [-0.39, 0.29) is 32.1 Å². The highest BCUT2D eigenvalue weighted by Gasteiger charge is 2.39. The Hall–Kier alpha value is -0.900. The predicted molar refractivity (Wildman–Crippen MR) is 139 cm³/mol. The maximum Gasteiger partial charge on any atom is 0.139 e. The van der Waals surface area contributed by atoms with Gasteiger partial charge in [0.05, 0.1) is 0 Å². The molecular formula is C27H40OP2. The van der Waals surface area contributed by atoms with Crippen LogP contribution in [0.3, 0.4) is 0 Å². The first-order valence-electron chi connectivity index (χ1n) is 11.0. The third-order valence-electron chi connectivity index (χ3n) is 6.39. The van der Waals surface area contributed by atoms with Crippen molar-refractivity contribution in [2.24, 2.45) is 0 Å². The highest BCUT2D eigenvalue weighted by molar-refractivity contribution is 7.64. The van der Waals surface area contributed by atoms with E-state index in [9.17, 15) is 0 Å². The van der Waals surface area contributed by atoms with E-state index < -0.39 is 0 Å². The van der Waals surface area contributed by atoms with Crippen LogP contribution in [0, 0.1) is 0 Å². The zero-order valence-corrected chi connectivity index (χ0v) is 22.9. The molecule has 1 aliphatic heterocycles. The van der Waals surface area contributed by atoms with Crippen molar-refractivity contribution in [3.05, 3.63) is 46.5 Å². The molecule has 0 saturated carbocycles. The number of hydrogen-bond acceptors (Lipinski definition) is 1. The van der Waals surface area contributed by atoms with Gasteiger partial charge in [0.2, 0.25) is 0 Å². The van der Waals surface area contributed by atoms with Crippen LogP contribution in [0.15, 0.2) is 24.3 Å². The van der Waals surface area contributed by atoms with Crippen molar-refractivity contribution >= 4 is 26.5 Å². The Kier molecular flexibility index (Phi) is 6.02. The quantitative estimate of drug-likeness (QED) is 0.439. The van der Waals surface area contributed by atoms with Crippen LogP contribution in [0.4, 0.5) is 0 Å². The topological polar surface area (TPSA) is 9.23 Å². The highest BCUT2D eigenvalue weighted by atomic mass is 31.1. The maximum absolute atomic E-state index is 6.87. The van der Waals surface area contributed by atoms with Crippen LogP contribution in [0.5, 0.6) is 11.5 Å². The van der Waals surface area contributed by atoms with Gasteiger partial charge in [0, 0.05) is 27.2 Å². The molecule has 1 heterocycles. The van der Waals surface area contributed by atoms with Gasteiger partial charge in [0.15, 0.2) is 0 Å². The van der Waals surface area contributed by atoms with Crippen LogP contribution in [0.1, 0.15) is 77.6 Å². The van der Waals surface area contributed by atoms with Gasteiger partial charge >= 0.3 is 0 Å². The number of fused-ring (bicyclic) bond motifs is 2. The largest absolute Gasteiger partial charge is 0.455 e. The molecule has 3 heteroatoms. The normalized spacial score (nSPS) is 15.8. The van der Waals surface area contributed by atoms with E-state index in [1.807, 2.05) is 0 Å². The smallest absolute Gasteiger partial charge is 0.139 e. The molecule has 0 saturated heterocycles. The van der Waals surface area contributed by atoms with E-state index in [0.717, 1.165) is 11.5 Å². The van der Waals surface area contributed by atoms with Crippen molar-refractivity contribution in [2.75, 3.05) is 26.7 Å². The molecule has 0 spiro atoms. The lowest BCUT2D eigenvalue weighted by Gasteiger charge is -2.40. The fourth-order valence-electron chi connectivity index (χ4n) is 4.15. The fourth-order valence-corrected chi connectivity index (χ4v) is 6.09. The summed E-state index contributed by atoms with van der Waals surface area (Å²) < 4.78 is 6.87. The van der Waals surface area contributed by atoms with Gasteiger partial charge in [-0.2, -0.15) is 0 Å². The minimum absolute atomic E-state index is 0.0916. The second-order valence-corrected chi connectivity index (χ2v) is 16.3. The summed E-state index contributed by atoms with van der Waals surface area (Å²) in [5.41, 5.74) is 5.66. The van der Waals surface area contributed by atoms with E-state index in [4.69, 9.17) is 4.74 Å². The van der Waals surface area contributed by atoms with Crippen LogP contribution in [-0.2, 0) is 16.2 Å². The zero-order valence-electron chi connectivity index (χ0n) is 21.1. The Labute approximate surface area is 187 Å². The maximum atomic E-state index is 6.87. The summed E-state index contributed by atoms with van der Waals surface area (Å²) in [4.78, 5) is 0. The molecule has 164 valence electrons. The first kappa shape index (κ1) is 23.8. The number of hydrogen-bond donors (Lipinski definition) is 0. The predicted octanol–water partition coefficient (Wildman–Crippen LogP) is 7.45. The molecular weight excluding hydrogens is 402 g/mol. The summed E-state index contributed by atoms with van der Waals surface area (Å²) >= 11 is 0. The fraction of sp³-hybridized carbons (Fsp3) is 0.556. The monoisotopic (exact) mass is 442 g/mol. The molecule has 2 aromatic rings. The Bertz CT molecular complexity index is 892. The standard InChI is InChI=1S/C27H40OP2/c1-25(2,3)17-13-19-23(21(15-17)29(9)10)28-24-20(27(19,7)8)14-18(26(4,5)6)16-22(24)30(11)12/h13-16H,1-12H3. The summed E-state index contributed by atoms with van der Waals surface area (Å²) in [6, 6.07) is 9.67. The number of benzene rings is 2. The van der Waals surface area contributed by atoms with Gasteiger partial charge < -0.3 is 4.74 Å². The van der Waals surface area contributed by atoms with E-state index in [1.165, 1.54) is 32.9 Å². The summed E-state index contributed by atoms with van der Waals surface area (Å²) in [5, 5.41) is 2.79. The molecule has 0 unspecified atom stereocenters. The Balaban J connectivity index is 2.38. The minimum atomic E-state index is -0.274. The van der Waals surface area contributed by atoms with Gasteiger partial charge in [0.1, 0.15) is 11.5 Å². The average Bonchev–Trinajstić information content (AvgIpc) is 2.58. The third-order valence-corrected chi connectivity index (χ3v) is 8.98. The average molecular weight is 443 g/mol. The van der Waals surface area contributed by atoms with Crippen LogP contribution < -0.4 is 15.3 Å². The van der Waals surface area contributed by atoms with E-state index in [1.54, 1.807) is 0 Å². The third kappa shape index (κ3) is 4.10. The molecule has 2 aromatic carbocycles. The molecule has 0 N–H and O–H groups in total. The molecule has 0 bridgehead atoms. The molecule has 0 fully saturated rings. The van der Waals surface area contributed by atoms with Crippen molar-refractivity contribution in [3.63, 3.8) is 0 Å². The number of rotatable bonds is 2. The minimum Gasteiger partial charge on any atom is -0.455 e. The van der Waals surface area contributed by atoms with E-state index >= 15 is 0 Å². The first-order chi connectivity index (χ1) is 13.5. The van der Waals surface area contributed by atoms with Crippen LogP contribution in [0.2, 0.25) is 0 Å². The Morgan fingerprint density at radius 1 is 0.633 bits per heavy atom. The zero-order chi connectivity index (χ0) is 22.8. The number of ether oxygens (including phenoxy) is 1. The lowest BCUT2D eigenvalue weighted by atomic mass is 9.72. The molecule has 0 radical (unpaired) electrons. The molecule has 0 amide bonds. The summed E-state index contributed by atoms with van der Waals surface area (Å²) in [6.07, 6.45) is 0. The van der Waals surface area contributed by atoms with Crippen molar-refractivity contribution in [1.29, 1.82) is 0 Å². The molecule has 30 heavy (non-hydrogen) atoms. The van der Waals surface area contributed by atoms with Gasteiger partial charge in [-0.05, 0) is 60.7 Å². The van der Waals surface area contributed by atoms with Crippen molar-refractivity contribution in [1.82, 2.24) is 0 Å². The van der Waals surface area contributed by atoms with Crippen LogP contribution in [-0.4, -0.2) is 26.7 Å². The summed E-state index contributed by atoms with van der Waals surface area (Å²) in [5.74, 6) is 2.25. The molecule has 3 rings (SSSR count). The molecule has 1 nitrogen and oxygen atoms in total. The van der Waals surface area contributed by atoms with Gasteiger partial charge in [-0.15, -0.1) is 0 Å². The Morgan fingerprint density at radius 2 is 0.967 bits per heavy atom. The summed E-state index contributed by atoms with van der Waals surface area (Å²) in [7, 11) is -0.547. The van der Waals surface area contributed by atoms with Gasteiger partial charge in [0.25, 0.3) is 0 Å². The van der Waals surface area contributed by atoms with Gasteiger partial charge in [-0.3, -0.25) is 0 Å². The highest BCUT2D eigenvalue weighted by Crippen LogP contribution is 2.52. The summed E-state index contributed by atoms with van der Waals surface area (Å²) in [6.45, 7) is 28.0. The molecule has 0 aromatic heterocycles. The molecule has 0 aliphatic carbocycles. The van der Waals surface area contributed by atoms with Crippen LogP contribution >= 0.6 is 15.8 Å². The van der Waals surface area contributed by atoms with E-state index in [2.05, 4.69) is 106 Å². The lowest BCUT2D eigenvalue weighted by molar-refractivity contribution is 0.421. The van der Waals surface area contributed by atoms with Crippen molar-refractivity contribution < 1.29 is 4.74 Å². The van der Waals surface area contributed by atoms with Gasteiger partial charge in [-0.1, -0.05) is 83.4 Å². The van der Waals surface area contributed by atoms with E-state index in [0.29, 0.717) is 0 Å². The van der Waals surface area contributed by atoms with Crippen molar-refractivity contribution in [3.8, 4) is 11.5 Å². The van der Waals surface area contributed by atoms with Crippen LogP contribution in [0.25, 0.3) is 0 Å². The molecule has 1 aliphatic rings. The Morgan fingerprint density at radius 3 is 1.23 bits per heavy atom. The first-order valence-corrected chi connectivity index (χ1v) is 15.4. The molecule has 0 atom stereocenters. The van der Waals surface area contributed by atoms with Gasteiger partial charge in [-0.25, -0.2) is 0 Å². The SMILES string of the molecule is CP(C)c1cc(C(C)(C)C)cc2c1Oc1c(P(C)C)cc(C(C)(C)C)cc1C2(C)C. The second kappa shape index (κ2) is 7.60.